The maximum absolute atomic E-state index is 11.7. The van der Waals surface area contributed by atoms with Gasteiger partial charge < -0.3 is 10.4 Å². The van der Waals surface area contributed by atoms with Gasteiger partial charge in [-0.2, -0.15) is 0 Å². The quantitative estimate of drug-likeness (QED) is 0.816. The number of carboxylic acid groups (broad SMARTS) is 1. The Bertz CT molecular complexity index is 405. The number of aliphatic carboxylic acids is 1. The summed E-state index contributed by atoms with van der Waals surface area (Å²) in [6.45, 7) is 3.26. The van der Waals surface area contributed by atoms with Crippen molar-refractivity contribution in [3.8, 4) is 0 Å². The molecule has 2 unspecified atom stereocenters. The number of hydrogen-bond acceptors (Lipinski definition) is 3. The van der Waals surface area contributed by atoms with Crippen molar-refractivity contribution in [2.24, 2.45) is 5.92 Å². The van der Waals surface area contributed by atoms with Crippen molar-refractivity contribution in [1.29, 1.82) is 0 Å². The predicted octanol–water partition coefficient (Wildman–Crippen LogP) is 2.19. The number of carboxylic acids is 1. The molecule has 4 nitrogen and oxygen atoms in total. The molecule has 1 rings (SSSR count). The fourth-order valence-electron chi connectivity index (χ4n) is 1.06. The molecular formula is C10H12INO3S. The maximum Gasteiger partial charge on any atom is 0.308 e. The van der Waals surface area contributed by atoms with Crippen molar-refractivity contribution in [2.45, 2.75) is 19.9 Å². The number of rotatable bonds is 4. The van der Waals surface area contributed by atoms with Gasteiger partial charge >= 0.3 is 5.97 Å². The van der Waals surface area contributed by atoms with Crippen LogP contribution in [-0.2, 0) is 4.79 Å². The predicted molar refractivity (Wildman–Crippen MR) is 70.8 cm³/mol. The minimum Gasteiger partial charge on any atom is -0.481 e. The molecule has 0 bridgehead atoms. The first kappa shape index (κ1) is 13.4. The Hall–Kier alpha value is -0.630. The summed E-state index contributed by atoms with van der Waals surface area (Å²) in [5.41, 5.74) is 0.582. The van der Waals surface area contributed by atoms with Gasteiger partial charge in [0.05, 0.1) is 14.4 Å². The molecule has 16 heavy (non-hydrogen) atoms. The molecule has 88 valence electrons. The standard InChI is InChI=1S/C10H12INO3S/c1-5(10(14)15)6(2)12-9(13)7-3-8(11)16-4-7/h3-6H,1-2H3,(H,12,13)(H,14,15). The number of amides is 1. The van der Waals surface area contributed by atoms with Gasteiger partial charge in [-0.05, 0) is 42.5 Å². The third-order valence-corrected chi connectivity index (χ3v) is 4.12. The second-order valence-corrected chi connectivity index (χ2v) is 6.33. The van der Waals surface area contributed by atoms with Crippen LogP contribution in [-0.4, -0.2) is 23.0 Å². The zero-order valence-electron chi connectivity index (χ0n) is 8.86. The molecule has 6 heteroatoms. The Morgan fingerprint density at radius 2 is 2.12 bits per heavy atom. The van der Waals surface area contributed by atoms with Crippen LogP contribution < -0.4 is 5.32 Å². The minimum absolute atomic E-state index is 0.222. The number of carbonyl (C=O) groups is 2. The number of thiophene rings is 1. The highest BCUT2D eigenvalue weighted by molar-refractivity contribution is 14.1. The summed E-state index contributed by atoms with van der Waals surface area (Å²) in [5.74, 6) is -1.73. The summed E-state index contributed by atoms with van der Waals surface area (Å²) in [7, 11) is 0. The molecule has 0 fully saturated rings. The second kappa shape index (κ2) is 5.62. The molecule has 1 amide bonds. The van der Waals surface area contributed by atoms with Gasteiger partial charge in [-0.15, -0.1) is 11.3 Å². The highest BCUT2D eigenvalue weighted by atomic mass is 127. The van der Waals surface area contributed by atoms with Crippen LogP contribution in [0.5, 0.6) is 0 Å². The average molecular weight is 353 g/mol. The Balaban J connectivity index is 2.61. The Morgan fingerprint density at radius 1 is 1.50 bits per heavy atom. The van der Waals surface area contributed by atoms with Crippen molar-refractivity contribution in [3.05, 3.63) is 19.9 Å². The second-order valence-electron chi connectivity index (χ2n) is 3.53. The van der Waals surface area contributed by atoms with Crippen LogP contribution >= 0.6 is 33.9 Å². The number of hydrogen-bond donors (Lipinski definition) is 2. The lowest BCUT2D eigenvalue weighted by Gasteiger charge is -2.17. The first-order valence-corrected chi connectivity index (χ1v) is 6.65. The number of carbonyl (C=O) groups excluding carboxylic acids is 1. The Kier molecular flexibility index (Phi) is 4.72. The van der Waals surface area contributed by atoms with E-state index in [1.807, 2.05) is 0 Å². The summed E-state index contributed by atoms with van der Waals surface area (Å²) < 4.78 is 1.03. The molecule has 0 aliphatic heterocycles. The van der Waals surface area contributed by atoms with Gasteiger partial charge in [0.25, 0.3) is 5.91 Å². The Labute approximate surface area is 111 Å². The molecule has 0 aliphatic rings. The van der Waals surface area contributed by atoms with E-state index in [1.165, 1.54) is 11.3 Å². The fraction of sp³-hybridized carbons (Fsp3) is 0.400. The molecule has 0 saturated carbocycles. The molecule has 0 saturated heterocycles. The third kappa shape index (κ3) is 3.44. The van der Waals surface area contributed by atoms with Crippen LogP contribution in [0.4, 0.5) is 0 Å². The smallest absolute Gasteiger partial charge is 0.308 e. The molecule has 1 heterocycles. The van der Waals surface area contributed by atoms with Crippen LogP contribution in [0.1, 0.15) is 24.2 Å². The van der Waals surface area contributed by atoms with Crippen molar-refractivity contribution >= 4 is 45.8 Å². The molecule has 1 aromatic rings. The SMILES string of the molecule is CC(NC(=O)c1csc(I)c1)C(C)C(=O)O. The van der Waals surface area contributed by atoms with E-state index in [0.717, 1.165) is 2.88 Å². The summed E-state index contributed by atoms with van der Waals surface area (Å²) in [5, 5.41) is 13.2. The molecule has 0 radical (unpaired) electrons. The van der Waals surface area contributed by atoms with Crippen LogP contribution in [0.25, 0.3) is 0 Å². The van der Waals surface area contributed by atoms with E-state index in [2.05, 4.69) is 27.9 Å². The molecule has 0 aliphatic carbocycles. The van der Waals surface area contributed by atoms with Crippen LogP contribution in [0, 0.1) is 8.80 Å². The van der Waals surface area contributed by atoms with E-state index in [4.69, 9.17) is 5.11 Å². The summed E-state index contributed by atoms with van der Waals surface area (Å²) in [6, 6.07) is 1.39. The highest BCUT2D eigenvalue weighted by Gasteiger charge is 2.21. The van der Waals surface area contributed by atoms with E-state index in [9.17, 15) is 9.59 Å². The number of halogens is 1. The van der Waals surface area contributed by atoms with Gasteiger partial charge in [0.1, 0.15) is 0 Å². The molecule has 0 spiro atoms. The average Bonchev–Trinajstić information content (AvgIpc) is 2.63. The van der Waals surface area contributed by atoms with Gasteiger partial charge in [0.15, 0.2) is 0 Å². The number of nitrogens with one attached hydrogen (secondary N) is 1. The first-order valence-electron chi connectivity index (χ1n) is 4.69. The zero-order valence-corrected chi connectivity index (χ0v) is 11.8. The lowest BCUT2D eigenvalue weighted by molar-refractivity contribution is -0.141. The largest absolute Gasteiger partial charge is 0.481 e. The van der Waals surface area contributed by atoms with E-state index in [0.29, 0.717) is 5.56 Å². The topological polar surface area (TPSA) is 66.4 Å². The minimum atomic E-state index is -0.910. The van der Waals surface area contributed by atoms with E-state index in [-0.39, 0.29) is 11.9 Å². The normalized spacial score (nSPS) is 14.2. The van der Waals surface area contributed by atoms with Crippen molar-refractivity contribution in [2.75, 3.05) is 0 Å². The first-order chi connectivity index (χ1) is 7.41. The summed E-state index contributed by atoms with van der Waals surface area (Å²) in [6.07, 6.45) is 0. The van der Waals surface area contributed by atoms with E-state index >= 15 is 0 Å². The van der Waals surface area contributed by atoms with Crippen molar-refractivity contribution in [3.63, 3.8) is 0 Å². The van der Waals surface area contributed by atoms with Gasteiger partial charge in [-0.1, -0.05) is 0 Å². The molecule has 1 aromatic heterocycles. The highest BCUT2D eigenvalue weighted by Crippen LogP contribution is 2.16. The fourth-order valence-corrected chi connectivity index (χ4v) is 2.38. The monoisotopic (exact) mass is 353 g/mol. The van der Waals surface area contributed by atoms with Gasteiger partial charge in [-0.3, -0.25) is 9.59 Å². The molecule has 2 N–H and O–H groups in total. The Morgan fingerprint density at radius 3 is 2.56 bits per heavy atom. The van der Waals surface area contributed by atoms with Crippen LogP contribution in [0.2, 0.25) is 0 Å². The van der Waals surface area contributed by atoms with Crippen LogP contribution in [0.15, 0.2) is 11.4 Å². The van der Waals surface area contributed by atoms with Crippen molar-refractivity contribution < 1.29 is 14.7 Å². The van der Waals surface area contributed by atoms with Crippen LogP contribution in [0.3, 0.4) is 0 Å². The van der Waals surface area contributed by atoms with E-state index < -0.39 is 11.9 Å². The maximum atomic E-state index is 11.7. The third-order valence-electron chi connectivity index (χ3n) is 2.33. The summed E-state index contributed by atoms with van der Waals surface area (Å²) >= 11 is 3.62. The molecule has 0 aromatic carbocycles. The van der Waals surface area contributed by atoms with E-state index in [1.54, 1.807) is 25.3 Å². The van der Waals surface area contributed by atoms with Gasteiger partial charge in [-0.25, -0.2) is 0 Å². The van der Waals surface area contributed by atoms with Gasteiger partial charge in [0.2, 0.25) is 0 Å². The summed E-state index contributed by atoms with van der Waals surface area (Å²) in [4.78, 5) is 22.4. The molecule has 2 atom stereocenters. The van der Waals surface area contributed by atoms with Gasteiger partial charge in [0, 0.05) is 11.4 Å². The van der Waals surface area contributed by atoms with Crippen molar-refractivity contribution in [1.82, 2.24) is 5.32 Å². The molecular weight excluding hydrogens is 341 g/mol. The zero-order chi connectivity index (χ0) is 12.3. The lowest BCUT2D eigenvalue weighted by atomic mass is 10.0. The lowest BCUT2D eigenvalue weighted by Crippen LogP contribution is -2.39.